The molecule has 124 valence electrons. The third kappa shape index (κ3) is 5.89. The molecule has 1 heterocycles. The Hall–Kier alpha value is -2.10. The highest BCUT2D eigenvalue weighted by molar-refractivity contribution is 5.77. The standard InChI is InChI=1S/C17H23N3O3/c1-13-10-20(11-14(2)23-13)8-7-19-17(21)12-22-16-5-3-15(9-18)4-6-16/h3-6,13-14H,7-8,10-12H2,1-2H3,(H,19,21). The summed E-state index contributed by atoms with van der Waals surface area (Å²) in [6.07, 6.45) is 0.461. The highest BCUT2D eigenvalue weighted by Gasteiger charge is 2.21. The van der Waals surface area contributed by atoms with Crippen molar-refractivity contribution in [2.45, 2.75) is 26.1 Å². The maximum Gasteiger partial charge on any atom is 0.257 e. The van der Waals surface area contributed by atoms with Crippen LogP contribution in [0.3, 0.4) is 0 Å². The molecule has 1 N–H and O–H groups in total. The quantitative estimate of drug-likeness (QED) is 0.852. The van der Waals surface area contributed by atoms with E-state index < -0.39 is 0 Å². The van der Waals surface area contributed by atoms with E-state index in [1.165, 1.54) is 0 Å². The van der Waals surface area contributed by atoms with Gasteiger partial charge in [-0.1, -0.05) is 0 Å². The molecule has 0 spiro atoms. The molecule has 1 aromatic carbocycles. The van der Waals surface area contributed by atoms with E-state index in [0.29, 0.717) is 17.9 Å². The number of ether oxygens (including phenoxy) is 2. The fourth-order valence-corrected chi connectivity index (χ4v) is 2.65. The van der Waals surface area contributed by atoms with Crippen molar-refractivity contribution in [2.75, 3.05) is 32.8 Å². The fraction of sp³-hybridized carbons (Fsp3) is 0.529. The van der Waals surface area contributed by atoms with Crippen molar-refractivity contribution in [1.82, 2.24) is 10.2 Å². The van der Waals surface area contributed by atoms with Gasteiger partial charge >= 0.3 is 0 Å². The van der Waals surface area contributed by atoms with Crippen molar-refractivity contribution < 1.29 is 14.3 Å². The fourth-order valence-electron chi connectivity index (χ4n) is 2.65. The van der Waals surface area contributed by atoms with Crippen molar-refractivity contribution in [3.05, 3.63) is 29.8 Å². The molecule has 0 bridgehead atoms. The zero-order chi connectivity index (χ0) is 16.7. The number of nitriles is 1. The number of nitrogens with zero attached hydrogens (tertiary/aromatic N) is 2. The summed E-state index contributed by atoms with van der Waals surface area (Å²) >= 11 is 0. The smallest absolute Gasteiger partial charge is 0.257 e. The van der Waals surface area contributed by atoms with Gasteiger partial charge in [0.25, 0.3) is 5.91 Å². The van der Waals surface area contributed by atoms with Gasteiger partial charge in [-0.2, -0.15) is 5.26 Å². The van der Waals surface area contributed by atoms with Gasteiger partial charge in [-0.3, -0.25) is 9.69 Å². The zero-order valence-electron chi connectivity index (χ0n) is 13.6. The third-order valence-electron chi connectivity index (χ3n) is 3.60. The van der Waals surface area contributed by atoms with Crippen LogP contribution in [0.15, 0.2) is 24.3 Å². The molecular formula is C17H23N3O3. The van der Waals surface area contributed by atoms with E-state index in [1.807, 2.05) is 6.07 Å². The maximum absolute atomic E-state index is 11.8. The van der Waals surface area contributed by atoms with Crippen LogP contribution in [0.2, 0.25) is 0 Å². The first-order chi connectivity index (χ1) is 11.1. The molecule has 1 aliphatic rings. The van der Waals surface area contributed by atoms with Crippen LogP contribution in [-0.2, 0) is 9.53 Å². The van der Waals surface area contributed by atoms with Gasteiger partial charge in [0.05, 0.1) is 23.8 Å². The first-order valence-electron chi connectivity index (χ1n) is 7.84. The van der Waals surface area contributed by atoms with Crippen LogP contribution >= 0.6 is 0 Å². The largest absolute Gasteiger partial charge is 0.484 e. The van der Waals surface area contributed by atoms with E-state index in [4.69, 9.17) is 14.7 Å². The molecule has 1 amide bonds. The van der Waals surface area contributed by atoms with Gasteiger partial charge in [-0.25, -0.2) is 0 Å². The lowest BCUT2D eigenvalue weighted by Crippen LogP contribution is -2.48. The molecule has 6 nitrogen and oxygen atoms in total. The summed E-state index contributed by atoms with van der Waals surface area (Å²) in [5.74, 6) is 0.429. The highest BCUT2D eigenvalue weighted by Crippen LogP contribution is 2.11. The van der Waals surface area contributed by atoms with Crippen LogP contribution in [0.4, 0.5) is 0 Å². The third-order valence-corrected chi connectivity index (χ3v) is 3.60. The minimum atomic E-state index is -0.149. The van der Waals surface area contributed by atoms with Gasteiger partial charge in [-0.05, 0) is 38.1 Å². The predicted molar refractivity (Wildman–Crippen MR) is 86.1 cm³/mol. The van der Waals surface area contributed by atoms with E-state index in [1.54, 1.807) is 24.3 Å². The van der Waals surface area contributed by atoms with E-state index in [2.05, 4.69) is 24.1 Å². The summed E-state index contributed by atoms with van der Waals surface area (Å²) in [5.41, 5.74) is 0.566. The summed E-state index contributed by atoms with van der Waals surface area (Å²) < 4.78 is 11.1. The first-order valence-corrected chi connectivity index (χ1v) is 7.84. The number of hydrogen-bond acceptors (Lipinski definition) is 5. The Bertz CT molecular complexity index is 543. The second kappa shape index (κ2) is 8.51. The Balaban J connectivity index is 1.64. The molecule has 2 rings (SSSR count). The molecule has 0 aliphatic carbocycles. The Morgan fingerprint density at radius 2 is 2.00 bits per heavy atom. The van der Waals surface area contributed by atoms with Crippen LogP contribution < -0.4 is 10.1 Å². The minimum absolute atomic E-state index is 0.0260. The maximum atomic E-state index is 11.8. The molecule has 2 atom stereocenters. The van der Waals surface area contributed by atoms with Crippen LogP contribution in [0.25, 0.3) is 0 Å². The number of carbonyl (C=O) groups is 1. The summed E-state index contributed by atoms with van der Waals surface area (Å²) in [6.45, 7) is 7.28. The van der Waals surface area contributed by atoms with E-state index in [-0.39, 0.29) is 24.7 Å². The Labute approximate surface area is 137 Å². The summed E-state index contributed by atoms with van der Waals surface area (Å²) in [5, 5.41) is 11.6. The Morgan fingerprint density at radius 1 is 1.35 bits per heavy atom. The lowest BCUT2D eigenvalue weighted by Gasteiger charge is -2.35. The minimum Gasteiger partial charge on any atom is -0.484 e. The molecule has 1 fully saturated rings. The second-order valence-corrected chi connectivity index (χ2v) is 5.79. The molecule has 23 heavy (non-hydrogen) atoms. The van der Waals surface area contributed by atoms with Gasteiger partial charge in [0.2, 0.25) is 0 Å². The number of rotatable bonds is 6. The van der Waals surface area contributed by atoms with Crippen molar-refractivity contribution in [2.24, 2.45) is 0 Å². The zero-order valence-corrected chi connectivity index (χ0v) is 13.6. The average molecular weight is 317 g/mol. The van der Waals surface area contributed by atoms with Gasteiger partial charge in [0.15, 0.2) is 6.61 Å². The summed E-state index contributed by atoms with van der Waals surface area (Å²) in [6, 6.07) is 8.72. The topological polar surface area (TPSA) is 74.6 Å². The van der Waals surface area contributed by atoms with E-state index in [9.17, 15) is 4.79 Å². The number of amides is 1. The van der Waals surface area contributed by atoms with Crippen molar-refractivity contribution >= 4 is 5.91 Å². The molecule has 1 saturated heterocycles. The SMILES string of the molecule is CC1CN(CCNC(=O)COc2ccc(C#N)cc2)CC(C)O1. The number of benzene rings is 1. The predicted octanol–water partition coefficient (Wildman–Crippen LogP) is 1.16. The first kappa shape index (κ1) is 17.3. The average Bonchev–Trinajstić information content (AvgIpc) is 2.52. The van der Waals surface area contributed by atoms with E-state index >= 15 is 0 Å². The van der Waals surface area contributed by atoms with Crippen LogP contribution in [0.5, 0.6) is 5.75 Å². The van der Waals surface area contributed by atoms with Crippen LogP contribution in [0, 0.1) is 11.3 Å². The van der Waals surface area contributed by atoms with Crippen molar-refractivity contribution in [3.63, 3.8) is 0 Å². The van der Waals surface area contributed by atoms with Crippen LogP contribution in [-0.4, -0.2) is 55.8 Å². The molecule has 2 unspecified atom stereocenters. The normalized spacial score (nSPS) is 21.4. The van der Waals surface area contributed by atoms with Gasteiger partial charge in [0, 0.05) is 26.2 Å². The molecule has 0 radical (unpaired) electrons. The van der Waals surface area contributed by atoms with Crippen molar-refractivity contribution in [3.8, 4) is 11.8 Å². The van der Waals surface area contributed by atoms with Gasteiger partial charge < -0.3 is 14.8 Å². The monoisotopic (exact) mass is 317 g/mol. The molecular weight excluding hydrogens is 294 g/mol. The lowest BCUT2D eigenvalue weighted by molar-refractivity contribution is -0.123. The lowest BCUT2D eigenvalue weighted by atomic mass is 10.2. The van der Waals surface area contributed by atoms with Gasteiger partial charge in [-0.15, -0.1) is 0 Å². The summed E-state index contributed by atoms with van der Waals surface area (Å²) in [7, 11) is 0. The molecule has 1 aromatic rings. The van der Waals surface area contributed by atoms with E-state index in [0.717, 1.165) is 19.6 Å². The Kier molecular flexibility index (Phi) is 6.39. The van der Waals surface area contributed by atoms with Crippen LogP contribution in [0.1, 0.15) is 19.4 Å². The number of hydrogen-bond donors (Lipinski definition) is 1. The number of nitrogens with one attached hydrogen (secondary N) is 1. The molecule has 1 aliphatic heterocycles. The Morgan fingerprint density at radius 3 is 2.61 bits per heavy atom. The molecule has 0 saturated carbocycles. The van der Waals surface area contributed by atoms with Crippen molar-refractivity contribution in [1.29, 1.82) is 5.26 Å². The second-order valence-electron chi connectivity index (χ2n) is 5.79. The number of morpholine rings is 1. The van der Waals surface area contributed by atoms with Gasteiger partial charge in [0.1, 0.15) is 5.75 Å². The summed E-state index contributed by atoms with van der Waals surface area (Å²) in [4.78, 5) is 14.1. The molecule has 6 heteroatoms. The number of carbonyl (C=O) groups excluding carboxylic acids is 1. The highest BCUT2D eigenvalue weighted by atomic mass is 16.5. The molecule has 0 aromatic heterocycles.